The molecule has 0 saturated carbocycles. The van der Waals surface area contributed by atoms with Gasteiger partial charge in [-0.25, -0.2) is 14.4 Å². The summed E-state index contributed by atoms with van der Waals surface area (Å²) in [6, 6.07) is 11.7. The first-order valence-corrected chi connectivity index (χ1v) is 11.7. The number of halogens is 1. The standard InChI is InChI=1S/C26H20FN9O/c27-15-5-14(6-17(37)8-15)23-25-20(3-4-30-23)32-26(33-25)24-18-7-13(1-2-19(18)34-35-24)21-9-29-10-22(31-21)36-11-16(28)12-36/h1-10,16,37H,11-12,28H2,(H,32,33)(H,34,35). The fourth-order valence-electron chi connectivity index (χ4n) is 4.67. The summed E-state index contributed by atoms with van der Waals surface area (Å²) in [6.07, 6.45) is 5.09. The minimum atomic E-state index is -0.556. The summed E-state index contributed by atoms with van der Waals surface area (Å²) in [5, 5.41) is 18.3. The lowest BCUT2D eigenvalue weighted by molar-refractivity contribution is 0.469. The van der Waals surface area contributed by atoms with E-state index in [9.17, 15) is 9.50 Å². The molecule has 1 saturated heterocycles. The first-order chi connectivity index (χ1) is 18.0. The Labute approximate surface area is 209 Å². The van der Waals surface area contributed by atoms with Crippen LogP contribution in [0.4, 0.5) is 10.2 Å². The number of H-pyrrole nitrogens is 2. The first-order valence-electron chi connectivity index (χ1n) is 11.7. The quantitative estimate of drug-likeness (QED) is 0.291. The number of nitrogens with two attached hydrogens (primary N) is 1. The Hall–Kier alpha value is -4.90. The molecule has 0 unspecified atom stereocenters. The van der Waals surface area contributed by atoms with E-state index in [0.29, 0.717) is 33.8 Å². The van der Waals surface area contributed by atoms with Gasteiger partial charge in [-0.2, -0.15) is 5.10 Å². The number of aromatic nitrogens is 7. The molecule has 5 heterocycles. The molecule has 1 fully saturated rings. The molecule has 1 aliphatic heterocycles. The van der Waals surface area contributed by atoms with Crippen LogP contribution in [0.25, 0.3) is 56.0 Å². The van der Waals surface area contributed by atoms with Gasteiger partial charge in [-0.3, -0.25) is 15.1 Å². The highest BCUT2D eigenvalue weighted by Crippen LogP contribution is 2.33. The number of imidazole rings is 1. The van der Waals surface area contributed by atoms with Gasteiger partial charge in [-0.15, -0.1) is 0 Å². The Balaban J connectivity index is 1.31. The molecular weight excluding hydrogens is 473 g/mol. The number of hydrogen-bond donors (Lipinski definition) is 4. The van der Waals surface area contributed by atoms with Crippen molar-refractivity contribution in [1.82, 2.24) is 35.1 Å². The van der Waals surface area contributed by atoms with E-state index < -0.39 is 5.82 Å². The van der Waals surface area contributed by atoms with Crippen molar-refractivity contribution in [2.45, 2.75) is 6.04 Å². The van der Waals surface area contributed by atoms with E-state index in [1.807, 2.05) is 18.2 Å². The van der Waals surface area contributed by atoms with Gasteiger partial charge in [0, 0.05) is 47.9 Å². The summed E-state index contributed by atoms with van der Waals surface area (Å²) in [5.41, 5.74) is 11.2. The molecule has 182 valence electrons. The van der Waals surface area contributed by atoms with Crippen LogP contribution < -0.4 is 10.6 Å². The number of nitrogens with one attached hydrogen (secondary N) is 2. The highest BCUT2D eigenvalue weighted by atomic mass is 19.1. The number of pyridine rings is 1. The maximum Gasteiger partial charge on any atom is 0.159 e. The summed E-state index contributed by atoms with van der Waals surface area (Å²) in [4.78, 5) is 23.7. The Kier molecular flexibility index (Phi) is 4.66. The zero-order valence-electron chi connectivity index (χ0n) is 19.4. The molecule has 0 radical (unpaired) electrons. The highest BCUT2D eigenvalue weighted by molar-refractivity contribution is 5.97. The third kappa shape index (κ3) is 3.64. The summed E-state index contributed by atoms with van der Waals surface area (Å²) < 4.78 is 14.0. The molecule has 0 atom stereocenters. The summed E-state index contributed by atoms with van der Waals surface area (Å²) >= 11 is 0. The Bertz CT molecular complexity index is 1790. The molecule has 11 heteroatoms. The van der Waals surface area contributed by atoms with E-state index >= 15 is 0 Å². The number of aromatic hydroxyl groups is 1. The van der Waals surface area contributed by atoms with Gasteiger partial charge in [-0.05, 0) is 30.3 Å². The van der Waals surface area contributed by atoms with Gasteiger partial charge in [0.25, 0.3) is 0 Å². The number of anilines is 1. The molecule has 7 rings (SSSR count). The van der Waals surface area contributed by atoms with Crippen molar-refractivity contribution in [2.75, 3.05) is 18.0 Å². The van der Waals surface area contributed by atoms with E-state index in [-0.39, 0.29) is 11.8 Å². The molecule has 2 aromatic carbocycles. The van der Waals surface area contributed by atoms with Crippen LogP contribution in [0.1, 0.15) is 0 Å². The minimum absolute atomic E-state index is 0.168. The minimum Gasteiger partial charge on any atom is -0.508 e. The van der Waals surface area contributed by atoms with Gasteiger partial charge in [0.1, 0.15) is 28.6 Å². The van der Waals surface area contributed by atoms with Gasteiger partial charge < -0.3 is 20.7 Å². The van der Waals surface area contributed by atoms with E-state index in [0.717, 1.165) is 47.1 Å². The van der Waals surface area contributed by atoms with E-state index in [1.165, 1.54) is 12.1 Å². The second kappa shape index (κ2) is 8.07. The molecule has 10 nitrogen and oxygen atoms in total. The van der Waals surface area contributed by atoms with Crippen LogP contribution >= 0.6 is 0 Å². The van der Waals surface area contributed by atoms with Crippen LogP contribution in [0.15, 0.2) is 61.1 Å². The van der Waals surface area contributed by atoms with Gasteiger partial charge in [0.15, 0.2) is 5.82 Å². The van der Waals surface area contributed by atoms with Crippen LogP contribution in [-0.4, -0.2) is 59.4 Å². The zero-order chi connectivity index (χ0) is 25.1. The number of nitrogens with zero attached hydrogens (tertiary/aromatic N) is 6. The van der Waals surface area contributed by atoms with Crippen LogP contribution in [0.3, 0.4) is 0 Å². The first kappa shape index (κ1) is 21.4. The SMILES string of the molecule is NC1CN(c2cncc(-c3ccc4[nH]nc(-c5nc6c(-c7cc(O)cc(F)c7)nccc6[nH]5)c4c3)n2)C1. The molecule has 5 N–H and O–H groups in total. The summed E-state index contributed by atoms with van der Waals surface area (Å²) in [6.45, 7) is 1.53. The third-order valence-corrected chi connectivity index (χ3v) is 6.50. The average Bonchev–Trinajstić information content (AvgIpc) is 3.49. The van der Waals surface area contributed by atoms with Crippen molar-refractivity contribution >= 4 is 27.8 Å². The lowest BCUT2D eigenvalue weighted by atomic mass is 10.1. The molecule has 1 aliphatic rings. The van der Waals surface area contributed by atoms with Crippen LogP contribution in [0.2, 0.25) is 0 Å². The molecule has 0 bridgehead atoms. The normalized spacial score (nSPS) is 13.9. The predicted octanol–water partition coefficient (Wildman–Crippen LogP) is 3.62. The van der Waals surface area contributed by atoms with Crippen LogP contribution in [-0.2, 0) is 0 Å². The number of hydrogen-bond acceptors (Lipinski definition) is 8. The van der Waals surface area contributed by atoms with Crippen molar-refractivity contribution in [3.8, 4) is 39.8 Å². The maximum atomic E-state index is 14.0. The topological polar surface area (TPSA) is 146 Å². The van der Waals surface area contributed by atoms with Gasteiger partial charge in [0.05, 0.1) is 34.8 Å². The number of benzene rings is 2. The van der Waals surface area contributed by atoms with Crippen molar-refractivity contribution in [1.29, 1.82) is 0 Å². The number of phenols is 1. The summed E-state index contributed by atoms with van der Waals surface area (Å²) in [7, 11) is 0. The second-order valence-electron chi connectivity index (χ2n) is 9.10. The number of aromatic amines is 2. The predicted molar refractivity (Wildman–Crippen MR) is 137 cm³/mol. The molecule has 0 amide bonds. The highest BCUT2D eigenvalue weighted by Gasteiger charge is 2.25. The van der Waals surface area contributed by atoms with Gasteiger partial charge in [0.2, 0.25) is 0 Å². The fraction of sp³-hybridized carbons (Fsp3) is 0.115. The van der Waals surface area contributed by atoms with E-state index in [4.69, 9.17) is 15.7 Å². The second-order valence-corrected chi connectivity index (χ2v) is 9.10. The monoisotopic (exact) mass is 493 g/mol. The average molecular weight is 494 g/mol. The number of fused-ring (bicyclic) bond motifs is 2. The van der Waals surface area contributed by atoms with E-state index in [1.54, 1.807) is 24.7 Å². The third-order valence-electron chi connectivity index (χ3n) is 6.50. The lowest BCUT2D eigenvalue weighted by Crippen LogP contribution is -2.56. The largest absolute Gasteiger partial charge is 0.508 e. The smallest absolute Gasteiger partial charge is 0.159 e. The summed E-state index contributed by atoms with van der Waals surface area (Å²) in [5.74, 6) is 0.592. The lowest BCUT2D eigenvalue weighted by Gasteiger charge is -2.37. The van der Waals surface area contributed by atoms with Gasteiger partial charge >= 0.3 is 0 Å². The van der Waals surface area contributed by atoms with Crippen molar-refractivity contribution in [2.24, 2.45) is 5.73 Å². The van der Waals surface area contributed by atoms with Crippen LogP contribution in [0, 0.1) is 5.82 Å². The molecule has 0 aliphatic carbocycles. The molecule has 6 aromatic rings. The van der Waals surface area contributed by atoms with Crippen molar-refractivity contribution < 1.29 is 9.50 Å². The van der Waals surface area contributed by atoms with Crippen LogP contribution in [0.5, 0.6) is 5.75 Å². The molecule has 4 aromatic heterocycles. The number of phenolic OH excluding ortho intramolecular Hbond substituents is 1. The van der Waals surface area contributed by atoms with E-state index in [2.05, 4.69) is 30.0 Å². The zero-order valence-corrected chi connectivity index (χ0v) is 19.4. The van der Waals surface area contributed by atoms with Crippen molar-refractivity contribution in [3.05, 3.63) is 66.9 Å². The van der Waals surface area contributed by atoms with Gasteiger partial charge in [-0.1, -0.05) is 6.07 Å². The molecule has 37 heavy (non-hydrogen) atoms. The van der Waals surface area contributed by atoms with Crippen molar-refractivity contribution in [3.63, 3.8) is 0 Å². The Morgan fingerprint density at radius 3 is 2.70 bits per heavy atom. The Morgan fingerprint density at radius 1 is 0.973 bits per heavy atom. The number of rotatable bonds is 4. The molecular formula is C26H20FN9O. The molecule has 0 spiro atoms. The maximum absolute atomic E-state index is 14.0. The fourth-order valence-corrected chi connectivity index (χ4v) is 4.67. The Morgan fingerprint density at radius 2 is 1.86 bits per heavy atom.